The molecule has 0 spiro atoms. The van der Waals surface area contributed by atoms with Gasteiger partial charge < -0.3 is 14.2 Å². The number of ketones is 1. The molecular formula is C22H36N2O4. The van der Waals surface area contributed by atoms with Crippen molar-refractivity contribution in [2.75, 3.05) is 20.2 Å². The lowest BCUT2D eigenvalue weighted by Gasteiger charge is -2.24. The van der Waals surface area contributed by atoms with Crippen LogP contribution in [0.25, 0.3) is 0 Å². The van der Waals surface area contributed by atoms with Crippen LogP contribution in [0.4, 0.5) is 0 Å². The third-order valence-corrected chi connectivity index (χ3v) is 4.99. The van der Waals surface area contributed by atoms with Crippen LogP contribution in [-0.2, 0) is 16.1 Å². The molecule has 28 heavy (non-hydrogen) atoms. The lowest BCUT2D eigenvalue weighted by atomic mass is 10.0. The Balaban J connectivity index is 3.21. The minimum atomic E-state index is -0.450. The number of methoxy groups -OCH3 is 1. The molecule has 1 amide bonds. The van der Waals surface area contributed by atoms with E-state index in [4.69, 9.17) is 4.74 Å². The summed E-state index contributed by atoms with van der Waals surface area (Å²) >= 11 is 0. The largest absolute Gasteiger partial charge is 0.464 e. The molecule has 6 heteroatoms. The lowest BCUT2D eigenvalue weighted by molar-refractivity contribution is -0.131. The van der Waals surface area contributed by atoms with Crippen molar-refractivity contribution in [3.63, 3.8) is 0 Å². The number of nitrogens with zero attached hydrogens (tertiary/aromatic N) is 2. The lowest BCUT2D eigenvalue weighted by Crippen LogP contribution is -2.37. The van der Waals surface area contributed by atoms with Gasteiger partial charge in [-0.15, -0.1) is 0 Å². The monoisotopic (exact) mass is 392 g/mol. The van der Waals surface area contributed by atoms with Gasteiger partial charge >= 0.3 is 5.97 Å². The van der Waals surface area contributed by atoms with Crippen molar-refractivity contribution in [3.8, 4) is 0 Å². The van der Waals surface area contributed by atoms with Crippen LogP contribution in [0.3, 0.4) is 0 Å². The van der Waals surface area contributed by atoms with Crippen molar-refractivity contribution in [3.05, 3.63) is 22.5 Å². The summed E-state index contributed by atoms with van der Waals surface area (Å²) in [7, 11) is 1.34. The fraction of sp³-hybridized carbons (Fsp3) is 0.682. The predicted octanol–water partition coefficient (Wildman–Crippen LogP) is 4.01. The van der Waals surface area contributed by atoms with Crippen molar-refractivity contribution in [2.24, 2.45) is 11.8 Å². The van der Waals surface area contributed by atoms with E-state index >= 15 is 0 Å². The van der Waals surface area contributed by atoms with E-state index in [0.717, 1.165) is 12.1 Å². The molecule has 0 aliphatic heterocycles. The predicted molar refractivity (Wildman–Crippen MR) is 111 cm³/mol. The van der Waals surface area contributed by atoms with Crippen LogP contribution in [-0.4, -0.2) is 47.3 Å². The van der Waals surface area contributed by atoms with Crippen LogP contribution in [0.15, 0.2) is 0 Å². The molecule has 1 aromatic rings. The van der Waals surface area contributed by atoms with Crippen molar-refractivity contribution >= 4 is 17.7 Å². The molecule has 0 aliphatic carbocycles. The van der Waals surface area contributed by atoms with E-state index in [1.807, 2.05) is 32.3 Å². The van der Waals surface area contributed by atoms with Gasteiger partial charge in [-0.05, 0) is 44.6 Å². The molecule has 0 saturated heterocycles. The second kappa shape index (κ2) is 10.4. The summed E-state index contributed by atoms with van der Waals surface area (Å²) in [4.78, 5) is 39.7. The number of esters is 1. The van der Waals surface area contributed by atoms with Gasteiger partial charge in [0.15, 0.2) is 5.78 Å². The highest BCUT2D eigenvalue weighted by Gasteiger charge is 2.28. The first kappa shape index (κ1) is 23.9. The maximum atomic E-state index is 13.2. The molecule has 6 nitrogen and oxygen atoms in total. The summed E-state index contributed by atoms with van der Waals surface area (Å²) in [5.74, 6) is 0.101. The first-order valence-electron chi connectivity index (χ1n) is 10.1. The number of carbonyl (C=O) groups excluding carboxylic acids is 3. The van der Waals surface area contributed by atoms with Gasteiger partial charge in [0.25, 0.3) is 0 Å². The van der Waals surface area contributed by atoms with Crippen LogP contribution in [0.2, 0.25) is 0 Å². The van der Waals surface area contributed by atoms with Gasteiger partial charge in [0.05, 0.1) is 13.7 Å². The molecule has 1 heterocycles. The van der Waals surface area contributed by atoms with Gasteiger partial charge in [-0.3, -0.25) is 9.59 Å². The van der Waals surface area contributed by atoms with Gasteiger partial charge in [0.2, 0.25) is 5.91 Å². The Bertz CT molecular complexity index is 717. The molecule has 0 unspecified atom stereocenters. The van der Waals surface area contributed by atoms with Crippen molar-refractivity contribution in [1.29, 1.82) is 0 Å². The van der Waals surface area contributed by atoms with Gasteiger partial charge in [-0.2, -0.15) is 0 Å². The summed E-state index contributed by atoms with van der Waals surface area (Å²) in [6.07, 6.45) is 1.27. The highest BCUT2D eigenvalue weighted by atomic mass is 16.5. The Kier molecular flexibility index (Phi) is 8.92. The molecule has 0 N–H and O–H groups in total. The van der Waals surface area contributed by atoms with E-state index in [1.54, 1.807) is 11.8 Å². The number of amides is 1. The number of ether oxygens (including phenoxy) is 1. The van der Waals surface area contributed by atoms with E-state index in [-0.39, 0.29) is 24.2 Å². The fourth-order valence-corrected chi connectivity index (χ4v) is 3.50. The number of hydrogen-bond donors (Lipinski definition) is 0. The quantitative estimate of drug-likeness (QED) is 0.445. The molecule has 0 radical (unpaired) electrons. The Morgan fingerprint density at radius 3 is 2.14 bits per heavy atom. The SMILES string of the molecule is CCn1c(C)c(C(=O)CN(CCC(C)C)C(=O)CC(C)C)c(C)c1C(=O)OC. The minimum absolute atomic E-state index is 0.00224. The number of hydrogen-bond acceptors (Lipinski definition) is 4. The van der Waals surface area contributed by atoms with Crippen molar-refractivity contribution < 1.29 is 19.1 Å². The van der Waals surface area contributed by atoms with Crippen LogP contribution < -0.4 is 0 Å². The van der Waals surface area contributed by atoms with E-state index in [2.05, 4.69) is 13.8 Å². The van der Waals surface area contributed by atoms with Crippen LogP contribution in [0.5, 0.6) is 0 Å². The zero-order valence-corrected chi connectivity index (χ0v) is 18.7. The highest BCUT2D eigenvalue weighted by Crippen LogP contribution is 2.24. The van der Waals surface area contributed by atoms with E-state index in [0.29, 0.717) is 42.2 Å². The van der Waals surface area contributed by atoms with Crippen LogP contribution >= 0.6 is 0 Å². The molecule has 0 aliphatic rings. The van der Waals surface area contributed by atoms with E-state index in [9.17, 15) is 14.4 Å². The fourth-order valence-electron chi connectivity index (χ4n) is 3.50. The van der Waals surface area contributed by atoms with Crippen molar-refractivity contribution in [1.82, 2.24) is 9.47 Å². The van der Waals surface area contributed by atoms with Crippen LogP contribution in [0, 0.1) is 25.7 Å². The van der Waals surface area contributed by atoms with Crippen molar-refractivity contribution in [2.45, 2.75) is 67.9 Å². The van der Waals surface area contributed by atoms with E-state index in [1.165, 1.54) is 7.11 Å². The number of rotatable bonds is 10. The molecule has 158 valence electrons. The van der Waals surface area contributed by atoms with Gasteiger partial charge in [-0.1, -0.05) is 27.7 Å². The van der Waals surface area contributed by atoms with Gasteiger partial charge in [0, 0.05) is 30.8 Å². The highest BCUT2D eigenvalue weighted by molar-refractivity contribution is 6.04. The molecule has 1 aromatic heterocycles. The second-order valence-electron chi connectivity index (χ2n) is 8.19. The normalized spacial score (nSPS) is 11.2. The Morgan fingerprint density at radius 2 is 1.68 bits per heavy atom. The number of carbonyl (C=O) groups is 3. The summed E-state index contributed by atoms with van der Waals surface area (Å²) in [6, 6.07) is 0. The first-order valence-corrected chi connectivity index (χ1v) is 10.1. The number of aromatic nitrogens is 1. The summed E-state index contributed by atoms with van der Waals surface area (Å²) < 4.78 is 6.71. The average Bonchev–Trinajstić information content (AvgIpc) is 2.86. The van der Waals surface area contributed by atoms with Gasteiger partial charge in [0.1, 0.15) is 5.69 Å². The average molecular weight is 393 g/mol. The zero-order chi connectivity index (χ0) is 21.6. The maximum absolute atomic E-state index is 13.2. The molecule has 0 bridgehead atoms. The third-order valence-electron chi connectivity index (χ3n) is 4.99. The van der Waals surface area contributed by atoms with E-state index < -0.39 is 5.97 Å². The molecular weight excluding hydrogens is 356 g/mol. The number of Topliss-reactive ketones (excluding diaryl/α,β-unsaturated/α-hetero) is 1. The Labute approximate surface area is 169 Å². The molecule has 1 rings (SSSR count). The summed E-state index contributed by atoms with van der Waals surface area (Å²) in [5, 5.41) is 0. The third kappa shape index (κ3) is 5.69. The molecule has 0 fully saturated rings. The molecule has 0 aromatic carbocycles. The maximum Gasteiger partial charge on any atom is 0.354 e. The second-order valence-corrected chi connectivity index (χ2v) is 8.19. The minimum Gasteiger partial charge on any atom is -0.464 e. The zero-order valence-electron chi connectivity index (χ0n) is 18.7. The molecule has 0 saturated carbocycles. The summed E-state index contributed by atoms with van der Waals surface area (Å²) in [5.41, 5.74) is 2.30. The Hall–Kier alpha value is -2.11. The van der Waals surface area contributed by atoms with Crippen LogP contribution in [0.1, 0.15) is 79.6 Å². The summed E-state index contributed by atoms with van der Waals surface area (Å²) in [6.45, 7) is 14.9. The standard InChI is InChI=1S/C22H36N2O4/c1-9-24-17(7)20(16(6)21(24)22(27)28-8)18(25)13-23(11-10-14(2)3)19(26)12-15(4)5/h14-15H,9-13H2,1-8H3. The topological polar surface area (TPSA) is 68.6 Å². The van der Waals surface area contributed by atoms with Gasteiger partial charge in [-0.25, -0.2) is 4.79 Å². The smallest absolute Gasteiger partial charge is 0.354 e. The molecule has 0 atom stereocenters. The Morgan fingerprint density at radius 1 is 1.07 bits per heavy atom. The first-order chi connectivity index (χ1) is 13.0.